The highest BCUT2D eigenvalue weighted by molar-refractivity contribution is 6.02. The molecule has 1 aliphatic rings. The lowest BCUT2D eigenvalue weighted by Crippen LogP contribution is -2.57. The minimum absolute atomic E-state index is 0.0780. The Morgan fingerprint density at radius 1 is 1.06 bits per heavy atom. The lowest BCUT2D eigenvalue weighted by molar-refractivity contribution is -0.132. The molecule has 7 nitrogen and oxygen atoms in total. The summed E-state index contributed by atoms with van der Waals surface area (Å²) < 4.78 is 79.7. The summed E-state index contributed by atoms with van der Waals surface area (Å²) in [5.74, 6) is -6.49. The van der Waals surface area contributed by atoms with Gasteiger partial charge in [0.05, 0.1) is 13.2 Å². The zero-order valence-electron chi connectivity index (χ0n) is 18.8. The summed E-state index contributed by atoms with van der Waals surface area (Å²) in [6.45, 7) is -0.969. The number of alkyl halides is 3. The minimum atomic E-state index is -4.93. The van der Waals surface area contributed by atoms with Crippen molar-refractivity contribution in [3.05, 3.63) is 71.0 Å². The Morgan fingerprint density at radius 2 is 1.72 bits per heavy atom. The highest BCUT2D eigenvalue weighted by atomic mass is 19.4. The Balaban J connectivity index is 1.68. The van der Waals surface area contributed by atoms with Gasteiger partial charge in [0.1, 0.15) is 11.7 Å². The lowest BCUT2D eigenvalue weighted by atomic mass is 10.0. The van der Waals surface area contributed by atoms with Gasteiger partial charge in [-0.3, -0.25) is 20.5 Å². The first-order valence-electron chi connectivity index (χ1n) is 10.8. The number of hydrogen-bond donors (Lipinski definition) is 3. The van der Waals surface area contributed by atoms with E-state index in [1.807, 2.05) is 0 Å². The van der Waals surface area contributed by atoms with Gasteiger partial charge in [-0.05, 0) is 23.6 Å². The van der Waals surface area contributed by atoms with Crippen LogP contribution in [0, 0.1) is 28.3 Å². The zero-order valence-corrected chi connectivity index (χ0v) is 18.8. The van der Waals surface area contributed by atoms with E-state index in [0.29, 0.717) is 17.0 Å². The number of piperazine rings is 1. The number of hydroxylamine groups is 1. The summed E-state index contributed by atoms with van der Waals surface area (Å²) in [4.78, 5) is 19.9. The van der Waals surface area contributed by atoms with Gasteiger partial charge in [0, 0.05) is 31.6 Å². The number of carbonyl (C=O) groups excluding carboxylic acids is 1. The molecule has 1 atom stereocenters. The second kappa shape index (κ2) is 11.5. The Bertz CT molecular complexity index is 1110. The van der Waals surface area contributed by atoms with Crippen LogP contribution in [0.2, 0.25) is 0 Å². The first-order chi connectivity index (χ1) is 17.0. The van der Waals surface area contributed by atoms with E-state index in [0.717, 1.165) is 10.5 Å². The fourth-order valence-electron chi connectivity index (χ4n) is 3.61. The van der Waals surface area contributed by atoms with Crippen LogP contribution in [-0.2, 0) is 22.7 Å². The second-order valence-corrected chi connectivity index (χ2v) is 8.12. The summed E-state index contributed by atoms with van der Waals surface area (Å²) in [6, 6.07) is 9.08. The largest absolute Gasteiger partial charge is 0.449 e. The Kier molecular flexibility index (Phi) is 8.69. The highest BCUT2D eigenvalue weighted by Gasteiger charge is 2.41. The maximum atomic E-state index is 14.2. The van der Waals surface area contributed by atoms with E-state index >= 15 is 0 Å². The van der Waals surface area contributed by atoms with Crippen LogP contribution in [-0.4, -0.2) is 59.2 Å². The van der Waals surface area contributed by atoms with Crippen LogP contribution in [0.1, 0.15) is 17.5 Å². The number of hydrogen-bond acceptors (Lipinski definition) is 5. The molecule has 3 rings (SSSR count). The van der Waals surface area contributed by atoms with Crippen LogP contribution in [0.25, 0.3) is 0 Å². The molecule has 0 bridgehead atoms. The molecule has 1 heterocycles. The van der Waals surface area contributed by atoms with Gasteiger partial charge in [0.15, 0.2) is 11.6 Å². The van der Waals surface area contributed by atoms with Crippen molar-refractivity contribution in [1.82, 2.24) is 15.3 Å². The number of nitrogens with zero attached hydrogens (tertiary/aromatic N) is 2. The van der Waals surface area contributed by atoms with Crippen molar-refractivity contribution >= 4 is 17.6 Å². The van der Waals surface area contributed by atoms with E-state index in [2.05, 4.69) is 5.48 Å². The van der Waals surface area contributed by atoms with Crippen molar-refractivity contribution in [2.24, 2.45) is 0 Å². The molecule has 0 radical (unpaired) electrons. The molecule has 194 valence electrons. The molecule has 1 aliphatic heterocycles. The van der Waals surface area contributed by atoms with Crippen molar-refractivity contribution in [1.29, 1.82) is 10.8 Å². The molecule has 0 spiro atoms. The van der Waals surface area contributed by atoms with E-state index in [1.165, 1.54) is 0 Å². The molecule has 36 heavy (non-hydrogen) atoms. The molecular weight excluding hydrogens is 492 g/mol. The van der Waals surface area contributed by atoms with E-state index in [9.17, 15) is 31.1 Å². The SMILES string of the molecule is N=C1CN(C(=O)CC(Cc2cc(F)c(F)cc2F)NOCc2ccccc2)CCN1C(=N)C(F)(F)F. The van der Waals surface area contributed by atoms with Crippen molar-refractivity contribution in [2.45, 2.75) is 31.7 Å². The van der Waals surface area contributed by atoms with Crippen LogP contribution in [0.15, 0.2) is 42.5 Å². The Morgan fingerprint density at radius 3 is 2.36 bits per heavy atom. The quantitative estimate of drug-likeness (QED) is 0.164. The van der Waals surface area contributed by atoms with Gasteiger partial charge in [-0.1, -0.05) is 30.3 Å². The number of halogens is 6. The summed E-state index contributed by atoms with van der Waals surface area (Å²) in [5.41, 5.74) is 3.20. The smallest absolute Gasteiger partial charge is 0.333 e. The van der Waals surface area contributed by atoms with Gasteiger partial charge in [-0.25, -0.2) is 13.2 Å². The monoisotopic (exact) mass is 515 g/mol. The number of rotatable bonds is 8. The summed E-state index contributed by atoms with van der Waals surface area (Å²) in [6.07, 6.45) is -5.53. The maximum Gasteiger partial charge on any atom is 0.449 e. The molecule has 1 unspecified atom stereocenters. The van der Waals surface area contributed by atoms with E-state index in [4.69, 9.17) is 15.7 Å². The summed E-state index contributed by atoms with van der Waals surface area (Å²) in [7, 11) is 0. The van der Waals surface area contributed by atoms with Crippen LogP contribution in [0.4, 0.5) is 26.3 Å². The molecule has 1 amide bonds. The number of amidine groups is 2. The second-order valence-electron chi connectivity index (χ2n) is 8.12. The van der Waals surface area contributed by atoms with Gasteiger partial charge in [-0.2, -0.15) is 18.7 Å². The van der Waals surface area contributed by atoms with Crippen LogP contribution in [0.5, 0.6) is 0 Å². The van der Waals surface area contributed by atoms with Gasteiger partial charge in [-0.15, -0.1) is 0 Å². The first-order valence-corrected chi connectivity index (χ1v) is 10.8. The van der Waals surface area contributed by atoms with Crippen molar-refractivity contribution < 1.29 is 36.0 Å². The first kappa shape index (κ1) is 27.1. The fraction of sp³-hybridized carbons (Fsp3) is 0.348. The molecule has 0 aliphatic carbocycles. The summed E-state index contributed by atoms with van der Waals surface area (Å²) >= 11 is 0. The average molecular weight is 515 g/mol. The molecule has 2 aromatic carbocycles. The third-order valence-corrected chi connectivity index (χ3v) is 5.46. The molecule has 2 aromatic rings. The summed E-state index contributed by atoms with van der Waals surface area (Å²) in [5, 5.41) is 15.1. The maximum absolute atomic E-state index is 14.2. The Hall–Kier alpha value is -3.45. The molecule has 0 aromatic heterocycles. The zero-order chi connectivity index (χ0) is 26.5. The van der Waals surface area contributed by atoms with E-state index in [1.54, 1.807) is 30.3 Å². The van der Waals surface area contributed by atoms with Crippen LogP contribution >= 0.6 is 0 Å². The number of amides is 1. The average Bonchev–Trinajstić information content (AvgIpc) is 2.82. The third-order valence-electron chi connectivity index (χ3n) is 5.46. The molecular formula is C23H23F6N5O2. The predicted octanol–water partition coefficient (Wildman–Crippen LogP) is 3.79. The van der Waals surface area contributed by atoms with E-state index in [-0.39, 0.29) is 31.6 Å². The standard InChI is InChI=1S/C23H23F6N5O2/c24-17-11-19(26)18(25)9-15(17)8-16(32-36-13-14-4-2-1-3-5-14)10-21(35)33-6-7-34(20(30)12-33)22(31)23(27,28)29/h1-5,9,11,16,30-32H,6-8,10,12-13H2. The molecule has 1 saturated heterocycles. The third kappa shape index (κ3) is 7.04. The van der Waals surface area contributed by atoms with Gasteiger partial charge in [0.2, 0.25) is 11.7 Å². The van der Waals surface area contributed by atoms with Crippen molar-refractivity contribution in [3.63, 3.8) is 0 Å². The molecule has 0 saturated carbocycles. The van der Waals surface area contributed by atoms with Gasteiger partial charge in [0.25, 0.3) is 0 Å². The molecule has 3 N–H and O–H groups in total. The number of benzene rings is 2. The van der Waals surface area contributed by atoms with Crippen molar-refractivity contribution in [3.8, 4) is 0 Å². The Labute approximate surface area is 202 Å². The number of carbonyl (C=O) groups is 1. The van der Waals surface area contributed by atoms with Crippen molar-refractivity contribution in [2.75, 3.05) is 19.6 Å². The lowest BCUT2D eigenvalue weighted by Gasteiger charge is -2.37. The van der Waals surface area contributed by atoms with Crippen LogP contribution in [0.3, 0.4) is 0 Å². The molecule has 13 heteroatoms. The minimum Gasteiger partial charge on any atom is -0.333 e. The molecule has 1 fully saturated rings. The predicted molar refractivity (Wildman–Crippen MR) is 118 cm³/mol. The van der Waals surface area contributed by atoms with E-state index < -0.39 is 60.3 Å². The normalized spacial score (nSPS) is 15.2. The number of nitrogens with one attached hydrogen (secondary N) is 3. The highest BCUT2D eigenvalue weighted by Crippen LogP contribution is 2.21. The fourth-order valence-corrected chi connectivity index (χ4v) is 3.61. The topological polar surface area (TPSA) is 92.5 Å². The van der Waals surface area contributed by atoms with Crippen LogP contribution < -0.4 is 5.48 Å². The van der Waals surface area contributed by atoms with Gasteiger partial charge >= 0.3 is 6.18 Å². The van der Waals surface area contributed by atoms with Gasteiger partial charge < -0.3 is 9.80 Å².